The lowest BCUT2D eigenvalue weighted by molar-refractivity contribution is 0.818. The zero-order valence-electron chi connectivity index (χ0n) is 15.2. The fourth-order valence-corrected chi connectivity index (χ4v) is 4.34. The molecule has 3 heterocycles. The summed E-state index contributed by atoms with van der Waals surface area (Å²) in [6, 6.07) is 13.0. The van der Waals surface area contributed by atoms with Crippen LogP contribution in [-0.4, -0.2) is 41.8 Å². The van der Waals surface area contributed by atoms with Crippen molar-refractivity contribution in [2.45, 2.75) is 12.8 Å². The number of hydrogen-bond donors (Lipinski definition) is 0. The van der Waals surface area contributed by atoms with Crippen molar-refractivity contribution in [2.75, 3.05) is 36.0 Å². The molecule has 2 aliphatic heterocycles. The number of hydrogen-bond acceptors (Lipinski definition) is 4. The highest BCUT2D eigenvalue weighted by molar-refractivity contribution is 7.99. The van der Waals surface area contributed by atoms with Crippen molar-refractivity contribution in [2.24, 2.45) is 4.99 Å². The first-order valence-electron chi connectivity index (χ1n) is 8.99. The quantitative estimate of drug-likeness (QED) is 0.685. The number of nitrogens with zero attached hydrogens (tertiary/aromatic N) is 3. The van der Waals surface area contributed by atoms with E-state index in [4.69, 9.17) is 4.99 Å². The van der Waals surface area contributed by atoms with Gasteiger partial charge in [-0.3, -0.25) is 9.98 Å². The fraction of sp³-hybridized carbons (Fsp3) is 0.333. The number of rotatable bonds is 3. The molecule has 1 aromatic heterocycles. The number of halogens is 2. The van der Waals surface area contributed by atoms with E-state index >= 15 is 0 Å². The molecule has 1 saturated heterocycles. The largest absolute Gasteiger partial charge is 0.370 e. The Morgan fingerprint density at radius 2 is 1.89 bits per heavy atom. The second-order valence-electron chi connectivity index (χ2n) is 6.44. The van der Waals surface area contributed by atoms with Crippen LogP contribution >= 0.6 is 36.6 Å². The summed E-state index contributed by atoms with van der Waals surface area (Å²) in [6.07, 6.45) is 8.25. The van der Waals surface area contributed by atoms with Gasteiger partial charge in [0.25, 0.3) is 0 Å². The molecule has 0 saturated carbocycles. The van der Waals surface area contributed by atoms with E-state index in [1.807, 2.05) is 30.2 Å². The SMILES string of the molecule is C(=C1CCCN=C1c1cccnc1)c1cccc(N2CCSCC2)c1.Cl.Cl. The molecule has 0 amide bonds. The number of anilines is 1. The van der Waals surface area contributed by atoms with Gasteiger partial charge in [0.15, 0.2) is 0 Å². The van der Waals surface area contributed by atoms with Crippen LogP contribution in [0.4, 0.5) is 5.69 Å². The molecule has 0 radical (unpaired) electrons. The fourth-order valence-electron chi connectivity index (χ4n) is 3.43. The molecule has 0 N–H and O–H groups in total. The maximum absolute atomic E-state index is 4.78. The third-order valence-electron chi connectivity index (χ3n) is 4.70. The van der Waals surface area contributed by atoms with E-state index in [9.17, 15) is 0 Å². The Morgan fingerprint density at radius 1 is 1.04 bits per heavy atom. The molecule has 1 fully saturated rings. The molecule has 0 atom stereocenters. The molecule has 1 aromatic carbocycles. The highest BCUT2D eigenvalue weighted by atomic mass is 35.5. The predicted octanol–water partition coefficient (Wildman–Crippen LogP) is 5.14. The van der Waals surface area contributed by atoms with E-state index in [2.05, 4.69) is 46.3 Å². The average molecular weight is 422 g/mol. The molecule has 0 aliphatic carbocycles. The topological polar surface area (TPSA) is 28.5 Å². The van der Waals surface area contributed by atoms with Gasteiger partial charge in [0, 0.05) is 54.8 Å². The highest BCUT2D eigenvalue weighted by Crippen LogP contribution is 2.25. The van der Waals surface area contributed by atoms with E-state index in [0.29, 0.717) is 0 Å². The van der Waals surface area contributed by atoms with Gasteiger partial charge in [-0.05, 0) is 54.3 Å². The third-order valence-corrected chi connectivity index (χ3v) is 5.64. The van der Waals surface area contributed by atoms with E-state index in [1.54, 1.807) is 0 Å². The summed E-state index contributed by atoms with van der Waals surface area (Å²) in [7, 11) is 0. The molecule has 2 aromatic rings. The maximum atomic E-state index is 4.78. The molecule has 0 bridgehead atoms. The van der Waals surface area contributed by atoms with Crippen molar-refractivity contribution < 1.29 is 0 Å². The van der Waals surface area contributed by atoms with Gasteiger partial charge >= 0.3 is 0 Å². The van der Waals surface area contributed by atoms with Crippen LogP contribution in [0.15, 0.2) is 59.4 Å². The average Bonchev–Trinajstić information content (AvgIpc) is 2.70. The zero-order valence-corrected chi connectivity index (χ0v) is 17.7. The lowest BCUT2D eigenvalue weighted by Gasteiger charge is -2.28. The molecular formula is C21H25Cl2N3S. The first kappa shape index (κ1) is 21.8. The number of pyridine rings is 1. The normalized spacial score (nSPS) is 18.3. The van der Waals surface area contributed by atoms with Gasteiger partial charge in [-0.2, -0.15) is 11.8 Å². The van der Waals surface area contributed by atoms with E-state index in [-0.39, 0.29) is 24.8 Å². The first-order valence-corrected chi connectivity index (χ1v) is 10.1. The van der Waals surface area contributed by atoms with Crippen LogP contribution in [0, 0.1) is 0 Å². The predicted molar refractivity (Wildman–Crippen MR) is 123 cm³/mol. The Balaban J connectivity index is 0.00000131. The number of allylic oxidation sites excluding steroid dienone is 1. The van der Waals surface area contributed by atoms with Gasteiger partial charge in [-0.25, -0.2) is 0 Å². The van der Waals surface area contributed by atoms with E-state index in [0.717, 1.165) is 43.8 Å². The Bertz CT molecular complexity index is 787. The van der Waals surface area contributed by atoms with Crippen LogP contribution in [0.3, 0.4) is 0 Å². The van der Waals surface area contributed by atoms with Crippen LogP contribution in [0.2, 0.25) is 0 Å². The summed E-state index contributed by atoms with van der Waals surface area (Å²) in [4.78, 5) is 11.5. The van der Waals surface area contributed by atoms with Gasteiger partial charge in [0.05, 0.1) is 5.71 Å². The second kappa shape index (κ2) is 10.7. The van der Waals surface area contributed by atoms with Gasteiger partial charge in [-0.15, -0.1) is 24.8 Å². The minimum atomic E-state index is 0. The van der Waals surface area contributed by atoms with Crippen LogP contribution in [-0.2, 0) is 0 Å². The van der Waals surface area contributed by atoms with Crippen molar-refractivity contribution in [1.82, 2.24) is 4.98 Å². The summed E-state index contributed by atoms with van der Waals surface area (Å²) < 4.78 is 0. The second-order valence-corrected chi connectivity index (χ2v) is 7.66. The van der Waals surface area contributed by atoms with Gasteiger partial charge in [-0.1, -0.05) is 12.1 Å². The molecular weight excluding hydrogens is 397 g/mol. The monoisotopic (exact) mass is 421 g/mol. The molecule has 6 heteroatoms. The standard InChI is InChI=1S/C21H23N3S.2ClH/c1-4-17(15-20(7-1)24-10-12-25-13-11-24)14-18-5-3-9-23-21(18)19-6-2-8-22-16-19;;/h1-2,4,6-8,14-16H,3,5,9-13H2;2*1H. The zero-order chi connectivity index (χ0) is 16.9. The molecule has 2 aliphatic rings. The van der Waals surface area contributed by atoms with E-state index < -0.39 is 0 Å². The first-order chi connectivity index (χ1) is 12.4. The maximum Gasteiger partial charge on any atom is 0.0694 e. The third kappa shape index (κ3) is 5.50. The molecule has 4 rings (SSSR count). The van der Waals surface area contributed by atoms with Crippen molar-refractivity contribution in [3.63, 3.8) is 0 Å². The van der Waals surface area contributed by atoms with Crippen LogP contribution in [0.5, 0.6) is 0 Å². The van der Waals surface area contributed by atoms with Crippen LogP contribution in [0.25, 0.3) is 6.08 Å². The molecule has 0 spiro atoms. The summed E-state index contributed by atoms with van der Waals surface area (Å²) in [5.41, 5.74) is 6.16. The van der Waals surface area contributed by atoms with Crippen LogP contribution in [0.1, 0.15) is 24.0 Å². The van der Waals surface area contributed by atoms with E-state index in [1.165, 1.54) is 28.3 Å². The molecule has 0 unspecified atom stereocenters. The van der Waals surface area contributed by atoms with Crippen molar-refractivity contribution in [3.05, 3.63) is 65.5 Å². The van der Waals surface area contributed by atoms with Crippen molar-refractivity contribution in [3.8, 4) is 0 Å². The Labute approximate surface area is 178 Å². The summed E-state index contributed by atoms with van der Waals surface area (Å²) >= 11 is 2.05. The van der Waals surface area contributed by atoms with Gasteiger partial charge in [0.1, 0.15) is 0 Å². The Kier molecular flexibility index (Phi) is 8.68. The number of aliphatic imine (C=N–C) groups is 1. The van der Waals surface area contributed by atoms with Crippen molar-refractivity contribution >= 4 is 54.1 Å². The Hall–Kier alpha value is -1.49. The number of thioether (sulfide) groups is 1. The Morgan fingerprint density at radius 3 is 2.67 bits per heavy atom. The lowest BCUT2D eigenvalue weighted by atomic mass is 9.95. The van der Waals surface area contributed by atoms with Crippen LogP contribution < -0.4 is 4.90 Å². The minimum absolute atomic E-state index is 0. The summed E-state index contributed by atoms with van der Waals surface area (Å²) in [6.45, 7) is 3.20. The minimum Gasteiger partial charge on any atom is -0.370 e. The molecule has 27 heavy (non-hydrogen) atoms. The smallest absolute Gasteiger partial charge is 0.0694 e. The number of aromatic nitrogens is 1. The van der Waals surface area contributed by atoms with Crippen molar-refractivity contribution in [1.29, 1.82) is 0 Å². The molecule has 3 nitrogen and oxygen atoms in total. The lowest BCUT2D eigenvalue weighted by Crippen LogP contribution is -2.32. The number of benzene rings is 1. The molecule has 144 valence electrons. The highest BCUT2D eigenvalue weighted by Gasteiger charge is 2.15. The summed E-state index contributed by atoms with van der Waals surface area (Å²) in [5.74, 6) is 2.45. The van der Waals surface area contributed by atoms with Gasteiger partial charge in [0.2, 0.25) is 0 Å². The summed E-state index contributed by atoms with van der Waals surface area (Å²) in [5, 5.41) is 0. The van der Waals surface area contributed by atoms with Gasteiger partial charge < -0.3 is 4.90 Å².